The molecule has 0 aromatic heterocycles. The van der Waals surface area contributed by atoms with Crippen molar-refractivity contribution < 1.29 is 23.4 Å². The maximum Gasteiger partial charge on any atom is 0.337 e. The van der Waals surface area contributed by atoms with E-state index in [0.717, 1.165) is 12.1 Å². The zero-order valence-electron chi connectivity index (χ0n) is 11.2. The van der Waals surface area contributed by atoms with Gasteiger partial charge in [-0.3, -0.25) is 0 Å². The van der Waals surface area contributed by atoms with Gasteiger partial charge in [0, 0.05) is 12.6 Å². The summed E-state index contributed by atoms with van der Waals surface area (Å²) >= 11 is 0. The van der Waals surface area contributed by atoms with Crippen LogP contribution in [0.3, 0.4) is 0 Å². The Morgan fingerprint density at radius 2 is 1.95 bits per heavy atom. The van der Waals surface area contributed by atoms with E-state index in [1.165, 1.54) is 31.4 Å². The minimum atomic E-state index is -1.09. The van der Waals surface area contributed by atoms with Crippen molar-refractivity contribution in [3.8, 4) is 5.75 Å². The summed E-state index contributed by atoms with van der Waals surface area (Å²) in [7, 11) is 1.47. The molecule has 2 N–H and O–H groups in total. The summed E-state index contributed by atoms with van der Waals surface area (Å²) in [5.41, 5.74) is 0.901. The van der Waals surface area contributed by atoms with E-state index in [1.807, 2.05) is 0 Å². The number of rotatable bonds is 5. The van der Waals surface area contributed by atoms with Gasteiger partial charge in [-0.05, 0) is 29.8 Å². The Morgan fingerprint density at radius 3 is 2.57 bits per heavy atom. The maximum absolute atomic E-state index is 13.1. The van der Waals surface area contributed by atoms with Crippen LogP contribution in [0.25, 0.3) is 0 Å². The molecular weight excluding hydrogens is 280 g/mol. The normalized spacial score (nSPS) is 10.2. The molecule has 0 fully saturated rings. The van der Waals surface area contributed by atoms with E-state index in [0.29, 0.717) is 17.0 Å². The predicted octanol–water partition coefficient (Wildman–Crippen LogP) is 3.28. The highest BCUT2D eigenvalue weighted by molar-refractivity contribution is 5.94. The topological polar surface area (TPSA) is 58.6 Å². The summed E-state index contributed by atoms with van der Waals surface area (Å²) in [4.78, 5) is 11.1. The van der Waals surface area contributed by atoms with Crippen LogP contribution in [0.1, 0.15) is 15.9 Å². The molecule has 0 saturated heterocycles. The van der Waals surface area contributed by atoms with Gasteiger partial charge in [-0.1, -0.05) is 6.07 Å². The van der Waals surface area contributed by atoms with E-state index in [1.54, 1.807) is 0 Å². The van der Waals surface area contributed by atoms with Gasteiger partial charge in [-0.2, -0.15) is 0 Å². The van der Waals surface area contributed by atoms with Gasteiger partial charge in [0.15, 0.2) is 11.6 Å². The highest BCUT2D eigenvalue weighted by Gasteiger charge is 2.11. The molecule has 2 rings (SSSR count). The fourth-order valence-electron chi connectivity index (χ4n) is 1.83. The van der Waals surface area contributed by atoms with Crippen molar-refractivity contribution >= 4 is 11.7 Å². The molecule has 110 valence electrons. The molecule has 0 spiro atoms. The lowest BCUT2D eigenvalue weighted by molar-refractivity contribution is 0.0698. The Labute approximate surface area is 120 Å². The molecule has 2 aromatic rings. The molecule has 4 nitrogen and oxygen atoms in total. The number of ether oxygens (including phenoxy) is 1. The molecule has 0 heterocycles. The number of anilines is 1. The molecule has 0 saturated carbocycles. The van der Waals surface area contributed by atoms with Crippen molar-refractivity contribution in [3.63, 3.8) is 0 Å². The molecule has 6 heteroatoms. The van der Waals surface area contributed by atoms with Crippen LogP contribution in [0.15, 0.2) is 36.4 Å². The van der Waals surface area contributed by atoms with Gasteiger partial charge in [0.05, 0.1) is 18.4 Å². The summed E-state index contributed by atoms with van der Waals surface area (Å²) < 4.78 is 31.0. The molecule has 0 amide bonds. The average Bonchev–Trinajstić information content (AvgIpc) is 2.48. The van der Waals surface area contributed by atoms with E-state index in [-0.39, 0.29) is 12.1 Å². The number of hydrogen-bond donors (Lipinski definition) is 2. The lowest BCUT2D eigenvalue weighted by Crippen LogP contribution is -2.07. The maximum atomic E-state index is 13.1. The van der Waals surface area contributed by atoms with Crippen LogP contribution in [0.4, 0.5) is 14.5 Å². The Kier molecular flexibility index (Phi) is 4.37. The number of carboxylic acids is 1. The Morgan fingerprint density at radius 1 is 1.19 bits per heavy atom. The van der Waals surface area contributed by atoms with Crippen molar-refractivity contribution in [1.82, 2.24) is 0 Å². The second kappa shape index (κ2) is 6.21. The lowest BCUT2D eigenvalue weighted by Gasteiger charge is -2.11. The van der Waals surface area contributed by atoms with Crippen LogP contribution in [-0.4, -0.2) is 18.2 Å². The van der Waals surface area contributed by atoms with Gasteiger partial charge in [0.25, 0.3) is 0 Å². The molecule has 0 bridgehead atoms. The molecule has 0 unspecified atom stereocenters. The summed E-state index contributed by atoms with van der Waals surface area (Å²) in [5, 5.41) is 12.0. The van der Waals surface area contributed by atoms with Crippen molar-refractivity contribution in [3.05, 3.63) is 59.2 Å². The van der Waals surface area contributed by atoms with E-state index < -0.39 is 17.6 Å². The quantitative estimate of drug-likeness (QED) is 0.888. The lowest BCUT2D eigenvalue weighted by atomic mass is 10.1. The van der Waals surface area contributed by atoms with Gasteiger partial charge in [-0.25, -0.2) is 13.6 Å². The third-order valence-electron chi connectivity index (χ3n) is 2.92. The number of benzene rings is 2. The summed E-state index contributed by atoms with van der Waals surface area (Å²) in [5.74, 6) is -2.47. The Balaban J connectivity index is 2.21. The Hall–Kier alpha value is -2.63. The third kappa shape index (κ3) is 3.47. The monoisotopic (exact) mass is 293 g/mol. The second-order valence-corrected chi connectivity index (χ2v) is 4.32. The minimum absolute atomic E-state index is 0.0679. The number of hydrogen-bond acceptors (Lipinski definition) is 3. The number of methoxy groups -OCH3 is 1. The first-order valence-corrected chi connectivity index (χ1v) is 6.10. The number of carbonyl (C=O) groups is 1. The first-order valence-electron chi connectivity index (χ1n) is 6.10. The summed E-state index contributed by atoms with van der Waals surface area (Å²) in [6, 6.07) is 7.98. The summed E-state index contributed by atoms with van der Waals surface area (Å²) in [6.07, 6.45) is 0. The van der Waals surface area contributed by atoms with E-state index in [4.69, 9.17) is 9.84 Å². The molecule has 0 atom stereocenters. The molecule has 0 aliphatic carbocycles. The fraction of sp³-hybridized carbons (Fsp3) is 0.133. The largest absolute Gasteiger partial charge is 0.497 e. The number of nitrogens with one attached hydrogen (secondary N) is 1. The van der Waals surface area contributed by atoms with E-state index >= 15 is 0 Å². The zero-order valence-corrected chi connectivity index (χ0v) is 11.2. The first kappa shape index (κ1) is 14.8. The highest BCUT2D eigenvalue weighted by atomic mass is 19.2. The van der Waals surface area contributed by atoms with Crippen LogP contribution < -0.4 is 10.1 Å². The van der Waals surface area contributed by atoms with Crippen LogP contribution in [0, 0.1) is 11.6 Å². The molecule has 0 radical (unpaired) electrons. The summed E-state index contributed by atoms with van der Waals surface area (Å²) in [6.45, 7) is 0.157. The van der Waals surface area contributed by atoms with Crippen molar-refractivity contribution in [1.29, 1.82) is 0 Å². The van der Waals surface area contributed by atoms with Crippen molar-refractivity contribution in [2.24, 2.45) is 0 Å². The van der Waals surface area contributed by atoms with Crippen LogP contribution in [-0.2, 0) is 6.54 Å². The zero-order chi connectivity index (χ0) is 15.4. The first-order chi connectivity index (χ1) is 10.0. The number of aromatic carboxylic acids is 1. The van der Waals surface area contributed by atoms with Gasteiger partial charge in [0.2, 0.25) is 0 Å². The number of halogens is 2. The molecule has 2 aromatic carbocycles. The standard InChI is InChI=1S/C15H13F2NO3/c1-21-10-3-4-11(15(19)20)14(7-10)18-8-9-2-5-12(16)13(17)6-9/h2-7,18H,8H2,1H3,(H,19,20). The molecule has 21 heavy (non-hydrogen) atoms. The van der Waals surface area contributed by atoms with Crippen LogP contribution in [0.5, 0.6) is 5.75 Å². The molecule has 0 aliphatic rings. The van der Waals surface area contributed by atoms with Gasteiger partial charge >= 0.3 is 5.97 Å². The average molecular weight is 293 g/mol. The van der Waals surface area contributed by atoms with E-state index in [2.05, 4.69) is 5.32 Å². The van der Waals surface area contributed by atoms with Crippen LogP contribution in [0.2, 0.25) is 0 Å². The molecule has 0 aliphatic heterocycles. The highest BCUT2D eigenvalue weighted by Crippen LogP contribution is 2.23. The van der Waals surface area contributed by atoms with Gasteiger partial charge in [-0.15, -0.1) is 0 Å². The minimum Gasteiger partial charge on any atom is -0.497 e. The van der Waals surface area contributed by atoms with Crippen molar-refractivity contribution in [2.75, 3.05) is 12.4 Å². The predicted molar refractivity (Wildman–Crippen MR) is 73.6 cm³/mol. The van der Waals surface area contributed by atoms with E-state index in [9.17, 15) is 13.6 Å². The second-order valence-electron chi connectivity index (χ2n) is 4.32. The fourth-order valence-corrected chi connectivity index (χ4v) is 1.83. The van der Waals surface area contributed by atoms with Crippen LogP contribution >= 0.6 is 0 Å². The van der Waals surface area contributed by atoms with Crippen molar-refractivity contribution in [2.45, 2.75) is 6.54 Å². The Bertz CT molecular complexity index is 674. The van der Waals surface area contributed by atoms with Gasteiger partial charge in [0.1, 0.15) is 5.75 Å². The van der Waals surface area contributed by atoms with Gasteiger partial charge < -0.3 is 15.2 Å². The number of carboxylic acid groups (broad SMARTS) is 1. The third-order valence-corrected chi connectivity index (χ3v) is 2.92. The SMILES string of the molecule is COc1ccc(C(=O)O)c(NCc2ccc(F)c(F)c2)c1. The smallest absolute Gasteiger partial charge is 0.337 e. The molecular formula is C15H13F2NO3.